The molecule has 3 nitrogen and oxygen atoms in total. The van der Waals surface area contributed by atoms with Crippen molar-refractivity contribution in [3.05, 3.63) is 23.8 Å². The van der Waals surface area contributed by atoms with Gasteiger partial charge < -0.3 is 15.0 Å². The van der Waals surface area contributed by atoms with Crippen molar-refractivity contribution in [1.82, 2.24) is 5.32 Å². The third-order valence-electron chi connectivity index (χ3n) is 3.63. The van der Waals surface area contributed by atoms with E-state index < -0.39 is 0 Å². The second-order valence-corrected chi connectivity index (χ2v) is 4.45. The van der Waals surface area contributed by atoms with Crippen molar-refractivity contribution in [2.24, 2.45) is 0 Å². The van der Waals surface area contributed by atoms with Crippen molar-refractivity contribution >= 4 is 5.69 Å². The van der Waals surface area contributed by atoms with Gasteiger partial charge in [-0.15, -0.1) is 0 Å². The maximum atomic E-state index is 5.26. The molecular weight excluding hydrogens is 200 g/mol. The number of hydrogen-bond donors (Lipinski definition) is 1. The monoisotopic (exact) mass is 220 g/mol. The Morgan fingerprint density at radius 1 is 1.50 bits per heavy atom. The first-order chi connectivity index (χ1) is 7.67. The van der Waals surface area contributed by atoms with Crippen molar-refractivity contribution in [3.8, 4) is 5.75 Å². The van der Waals surface area contributed by atoms with Crippen LogP contribution in [0.25, 0.3) is 0 Å². The van der Waals surface area contributed by atoms with Crippen molar-refractivity contribution in [1.29, 1.82) is 0 Å². The average molecular weight is 220 g/mol. The Hall–Kier alpha value is -1.22. The van der Waals surface area contributed by atoms with Crippen LogP contribution < -0.4 is 15.0 Å². The summed E-state index contributed by atoms with van der Waals surface area (Å²) in [5.74, 6) is 0.949. The molecule has 0 fully saturated rings. The van der Waals surface area contributed by atoms with Crippen molar-refractivity contribution in [2.75, 3.05) is 26.1 Å². The number of rotatable bonds is 3. The smallest absolute Gasteiger partial charge is 0.119 e. The van der Waals surface area contributed by atoms with E-state index in [0.29, 0.717) is 12.1 Å². The molecule has 0 saturated heterocycles. The van der Waals surface area contributed by atoms with Crippen molar-refractivity contribution in [3.63, 3.8) is 0 Å². The first-order valence-electron chi connectivity index (χ1n) is 5.74. The number of anilines is 1. The molecule has 2 atom stereocenters. The zero-order valence-electron chi connectivity index (χ0n) is 10.4. The number of likely N-dealkylation sites (N-methyl/N-ethyl adjacent to an activating group) is 2. The molecule has 2 unspecified atom stereocenters. The summed E-state index contributed by atoms with van der Waals surface area (Å²) in [5, 5.41) is 3.33. The molecule has 0 radical (unpaired) electrons. The summed E-state index contributed by atoms with van der Waals surface area (Å²) in [6.07, 6.45) is 1.09. The van der Waals surface area contributed by atoms with Gasteiger partial charge >= 0.3 is 0 Å². The number of nitrogens with one attached hydrogen (secondary N) is 1. The van der Waals surface area contributed by atoms with Gasteiger partial charge in [0.2, 0.25) is 0 Å². The van der Waals surface area contributed by atoms with Gasteiger partial charge in [-0.05, 0) is 44.2 Å². The summed E-state index contributed by atoms with van der Waals surface area (Å²) < 4.78 is 5.26. The number of nitrogens with zero attached hydrogens (tertiary/aromatic N) is 1. The number of benzene rings is 1. The number of ether oxygens (including phenoxy) is 1. The summed E-state index contributed by atoms with van der Waals surface area (Å²) in [7, 11) is 5.90. The van der Waals surface area contributed by atoms with E-state index in [9.17, 15) is 0 Å². The van der Waals surface area contributed by atoms with Gasteiger partial charge in [0, 0.05) is 24.8 Å². The Morgan fingerprint density at radius 2 is 2.25 bits per heavy atom. The number of fused-ring (bicyclic) bond motifs is 1. The third kappa shape index (κ3) is 1.76. The van der Waals surface area contributed by atoms with E-state index in [-0.39, 0.29) is 0 Å². The van der Waals surface area contributed by atoms with Crippen LogP contribution in [-0.4, -0.2) is 33.3 Å². The molecular formula is C13H20N2O. The minimum absolute atomic E-state index is 0.489. The Bertz CT molecular complexity index is 378. The maximum Gasteiger partial charge on any atom is 0.119 e. The van der Waals surface area contributed by atoms with Crippen LogP contribution in [0, 0.1) is 0 Å². The Labute approximate surface area is 97.4 Å². The molecule has 1 aromatic carbocycles. The van der Waals surface area contributed by atoms with Gasteiger partial charge in [0.05, 0.1) is 7.11 Å². The first-order valence-corrected chi connectivity index (χ1v) is 5.74. The molecule has 1 aliphatic heterocycles. The highest BCUT2D eigenvalue weighted by Gasteiger charge is 2.29. The molecule has 16 heavy (non-hydrogen) atoms. The minimum atomic E-state index is 0.489. The Morgan fingerprint density at radius 3 is 2.88 bits per heavy atom. The quantitative estimate of drug-likeness (QED) is 0.838. The van der Waals surface area contributed by atoms with Crippen molar-refractivity contribution < 1.29 is 4.74 Å². The van der Waals surface area contributed by atoms with Crippen LogP contribution >= 0.6 is 0 Å². The first kappa shape index (κ1) is 11.3. The molecule has 1 aromatic rings. The third-order valence-corrected chi connectivity index (χ3v) is 3.63. The summed E-state index contributed by atoms with van der Waals surface area (Å²) in [6, 6.07) is 7.35. The summed E-state index contributed by atoms with van der Waals surface area (Å²) in [4.78, 5) is 2.36. The molecule has 0 aromatic heterocycles. The number of hydrogen-bond acceptors (Lipinski definition) is 3. The van der Waals surface area contributed by atoms with Crippen LogP contribution in [-0.2, 0) is 6.42 Å². The fraction of sp³-hybridized carbons (Fsp3) is 0.538. The lowest BCUT2D eigenvalue weighted by Crippen LogP contribution is -2.44. The highest BCUT2D eigenvalue weighted by molar-refractivity contribution is 5.61. The van der Waals surface area contributed by atoms with Crippen LogP contribution in [0.3, 0.4) is 0 Å². The zero-order chi connectivity index (χ0) is 11.7. The fourth-order valence-corrected chi connectivity index (χ4v) is 2.44. The lowest BCUT2D eigenvalue weighted by molar-refractivity contribution is 0.414. The van der Waals surface area contributed by atoms with E-state index in [2.05, 4.69) is 36.3 Å². The minimum Gasteiger partial charge on any atom is -0.497 e. The van der Waals surface area contributed by atoms with Gasteiger partial charge in [0.25, 0.3) is 0 Å². The lowest BCUT2D eigenvalue weighted by atomic mass is 10.0. The zero-order valence-corrected chi connectivity index (χ0v) is 10.4. The van der Waals surface area contributed by atoms with E-state index in [1.165, 1.54) is 11.3 Å². The van der Waals surface area contributed by atoms with Crippen LogP contribution in [0.1, 0.15) is 12.5 Å². The molecule has 0 saturated carbocycles. The topological polar surface area (TPSA) is 24.5 Å². The van der Waals surface area contributed by atoms with Gasteiger partial charge in [-0.2, -0.15) is 0 Å². The highest BCUT2D eigenvalue weighted by Crippen LogP contribution is 2.34. The SMILES string of the molecule is CNC(C)C1Cc2cc(OC)ccc2N1C. The molecule has 1 heterocycles. The molecule has 88 valence electrons. The molecule has 0 amide bonds. The van der Waals surface area contributed by atoms with Crippen LogP contribution in [0.5, 0.6) is 5.75 Å². The second-order valence-electron chi connectivity index (χ2n) is 4.45. The predicted octanol–water partition coefficient (Wildman–Crippen LogP) is 1.66. The Balaban J connectivity index is 2.27. The van der Waals surface area contributed by atoms with Gasteiger partial charge in [-0.25, -0.2) is 0 Å². The molecule has 3 heteroatoms. The average Bonchev–Trinajstić information content (AvgIpc) is 2.65. The van der Waals surface area contributed by atoms with Gasteiger partial charge in [0.15, 0.2) is 0 Å². The van der Waals surface area contributed by atoms with E-state index in [4.69, 9.17) is 4.74 Å². The van der Waals surface area contributed by atoms with E-state index in [1.54, 1.807) is 7.11 Å². The highest BCUT2D eigenvalue weighted by atomic mass is 16.5. The Kier molecular flexibility index (Phi) is 3.06. The molecule has 1 N–H and O–H groups in total. The maximum absolute atomic E-state index is 5.26. The lowest BCUT2D eigenvalue weighted by Gasteiger charge is -2.27. The van der Waals surface area contributed by atoms with Gasteiger partial charge in [0.1, 0.15) is 5.75 Å². The molecule has 0 bridgehead atoms. The predicted molar refractivity (Wildman–Crippen MR) is 67.4 cm³/mol. The second kappa shape index (κ2) is 4.34. The molecule has 0 aliphatic carbocycles. The van der Waals surface area contributed by atoms with Crippen LogP contribution in [0.2, 0.25) is 0 Å². The van der Waals surface area contributed by atoms with Gasteiger partial charge in [-0.1, -0.05) is 0 Å². The summed E-state index contributed by atoms with van der Waals surface area (Å²) in [5.41, 5.74) is 2.71. The molecule has 2 rings (SSSR count). The standard InChI is InChI=1S/C13H20N2O/c1-9(14-2)13-8-10-7-11(16-4)5-6-12(10)15(13)3/h5-7,9,13-14H,8H2,1-4H3. The van der Waals surface area contributed by atoms with E-state index in [0.717, 1.165) is 12.2 Å². The fourth-order valence-electron chi connectivity index (χ4n) is 2.44. The van der Waals surface area contributed by atoms with E-state index >= 15 is 0 Å². The normalized spacial score (nSPS) is 20.8. The van der Waals surface area contributed by atoms with Crippen LogP contribution in [0.15, 0.2) is 18.2 Å². The summed E-state index contributed by atoms with van der Waals surface area (Å²) >= 11 is 0. The largest absolute Gasteiger partial charge is 0.497 e. The number of methoxy groups -OCH3 is 1. The molecule has 0 spiro atoms. The summed E-state index contributed by atoms with van der Waals surface area (Å²) in [6.45, 7) is 2.23. The van der Waals surface area contributed by atoms with Gasteiger partial charge in [-0.3, -0.25) is 0 Å². The van der Waals surface area contributed by atoms with Crippen molar-refractivity contribution in [2.45, 2.75) is 25.4 Å². The molecule has 1 aliphatic rings. The van der Waals surface area contributed by atoms with Crippen LogP contribution in [0.4, 0.5) is 5.69 Å². The van der Waals surface area contributed by atoms with E-state index in [1.807, 2.05) is 13.1 Å².